The average Bonchev–Trinajstić information content (AvgIpc) is 3.84. The monoisotopic (exact) mass is 778 g/mol. The molecule has 0 spiro atoms. The molecule has 12 heteroatoms. The maximum atomic E-state index is 14.7. The molecular weight excluding hydrogens is 718 g/mol. The van der Waals surface area contributed by atoms with Crippen molar-refractivity contribution in [1.82, 2.24) is 30.2 Å². The van der Waals surface area contributed by atoms with Gasteiger partial charge < -0.3 is 14.8 Å². The van der Waals surface area contributed by atoms with Crippen molar-refractivity contribution in [3.8, 4) is 22.5 Å². The van der Waals surface area contributed by atoms with Crippen LogP contribution in [0.2, 0.25) is 0 Å². The van der Waals surface area contributed by atoms with E-state index < -0.39 is 12.7 Å². The summed E-state index contributed by atoms with van der Waals surface area (Å²) < 4.78 is 45.5. The molecule has 1 aliphatic heterocycles. The number of unbranched alkanes of at least 4 members (excludes halogenated alkanes) is 1. The first kappa shape index (κ1) is 41.3. The first-order valence-electron chi connectivity index (χ1n) is 20.3. The number of aromatic nitrogens is 3. The van der Waals surface area contributed by atoms with E-state index in [0.717, 1.165) is 127 Å². The molecule has 1 aliphatic carbocycles. The summed E-state index contributed by atoms with van der Waals surface area (Å²) in [5, 5.41) is 7.33. The van der Waals surface area contributed by atoms with Gasteiger partial charge in [0.2, 0.25) is 0 Å². The molecule has 300 valence electrons. The Bertz CT molecular complexity index is 1900. The summed E-state index contributed by atoms with van der Waals surface area (Å²) in [5.41, 5.74) is 10.3. The Balaban J connectivity index is 1.42. The minimum absolute atomic E-state index is 0.0953. The standard InChI is InChI=1S/C43H61F3N8S/c1-7-16-42(4,5)25-35-33-22-30(38-27-55-40(51-38)24-37(48-6)29(3)11-9-10-17-50-47)12-15-39(33)54(28-43(44,45)46)41(35)34-23-32(26-49-36(34)8-2)53-20-18-52(19-21-53)31-13-14-31/h12,15,22-23,26-27,31,37,48,50H,3,7-11,13-14,16-21,24-25,28,47H2,1-2,4-6H3. The second-order valence-electron chi connectivity index (χ2n) is 16.4. The number of fused-ring (bicyclic) bond motifs is 1. The Labute approximate surface area is 329 Å². The largest absolute Gasteiger partial charge is 0.406 e. The van der Waals surface area contributed by atoms with Gasteiger partial charge in [-0.2, -0.15) is 13.2 Å². The fourth-order valence-electron chi connectivity index (χ4n) is 8.50. The summed E-state index contributed by atoms with van der Waals surface area (Å²) in [5.74, 6) is 5.43. The third-order valence-corrected chi connectivity index (χ3v) is 12.4. The highest BCUT2D eigenvalue weighted by molar-refractivity contribution is 7.10. The molecule has 0 bridgehead atoms. The molecule has 4 N–H and O–H groups in total. The summed E-state index contributed by atoms with van der Waals surface area (Å²) in [4.78, 5) is 14.9. The first-order valence-corrected chi connectivity index (χ1v) is 21.2. The quantitative estimate of drug-likeness (QED) is 0.0380. The zero-order valence-electron chi connectivity index (χ0n) is 33.5. The molecule has 4 aromatic rings. The molecule has 6 rings (SSSR count). The molecule has 1 unspecified atom stereocenters. The summed E-state index contributed by atoms with van der Waals surface area (Å²) >= 11 is 1.61. The van der Waals surface area contributed by atoms with Crippen molar-refractivity contribution >= 4 is 27.9 Å². The molecule has 1 saturated carbocycles. The minimum atomic E-state index is -4.41. The van der Waals surface area contributed by atoms with Crippen LogP contribution in [0.3, 0.4) is 0 Å². The van der Waals surface area contributed by atoms with E-state index in [9.17, 15) is 13.2 Å². The second kappa shape index (κ2) is 17.9. The average molecular weight is 779 g/mol. The normalized spacial score (nSPS) is 16.3. The van der Waals surface area contributed by atoms with Gasteiger partial charge in [0, 0.05) is 84.3 Å². The van der Waals surface area contributed by atoms with Crippen molar-refractivity contribution in [2.24, 2.45) is 11.3 Å². The second-order valence-corrected chi connectivity index (χ2v) is 17.3. The summed E-state index contributed by atoms with van der Waals surface area (Å²) in [6.45, 7) is 16.5. The molecule has 0 radical (unpaired) electrons. The maximum absolute atomic E-state index is 14.7. The van der Waals surface area contributed by atoms with Crippen LogP contribution in [-0.4, -0.2) is 77.5 Å². The molecule has 2 fully saturated rings. The molecule has 1 saturated heterocycles. The van der Waals surface area contributed by atoms with Crippen LogP contribution < -0.4 is 21.5 Å². The van der Waals surface area contributed by atoms with Gasteiger partial charge in [0.1, 0.15) is 6.54 Å². The lowest BCUT2D eigenvalue weighted by atomic mass is 9.80. The lowest BCUT2D eigenvalue weighted by molar-refractivity contribution is -0.139. The van der Waals surface area contributed by atoms with E-state index in [1.54, 1.807) is 11.3 Å². The Hall–Kier alpha value is -3.29. The number of thiazole rings is 1. The van der Waals surface area contributed by atoms with Crippen molar-refractivity contribution in [1.29, 1.82) is 0 Å². The molecular formula is C43H61F3N8S. The number of nitrogens with zero attached hydrogens (tertiary/aromatic N) is 5. The van der Waals surface area contributed by atoms with Gasteiger partial charge in [-0.15, -0.1) is 11.3 Å². The molecule has 3 aromatic heterocycles. The molecule has 4 heterocycles. The highest BCUT2D eigenvalue weighted by Crippen LogP contribution is 2.44. The van der Waals surface area contributed by atoms with Gasteiger partial charge in [-0.1, -0.05) is 52.3 Å². The topological polar surface area (TPSA) is 87.3 Å². The van der Waals surface area contributed by atoms with Gasteiger partial charge in [-0.25, -0.2) is 4.98 Å². The number of pyridine rings is 1. The van der Waals surface area contributed by atoms with Crippen LogP contribution in [0, 0.1) is 5.41 Å². The molecule has 0 amide bonds. The Morgan fingerprint density at radius 1 is 1.09 bits per heavy atom. The van der Waals surface area contributed by atoms with E-state index >= 15 is 0 Å². The number of likely N-dealkylation sites (N-methyl/N-ethyl adjacent to an activating group) is 1. The van der Waals surface area contributed by atoms with Crippen LogP contribution in [0.1, 0.15) is 88.9 Å². The summed E-state index contributed by atoms with van der Waals surface area (Å²) in [6.07, 6.45) is 6.92. The summed E-state index contributed by atoms with van der Waals surface area (Å²) in [6, 6.07) is 8.85. The number of nitrogens with one attached hydrogen (secondary N) is 2. The third-order valence-electron chi connectivity index (χ3n) is 11.5. The number of benzene rings is 1. The van der Waals surface area contributed by atoms with Crippen LogP contribution in [0.5, 0.6) is 0 Å². The Morgan fingerprint density at radius 2 is 1.85 bits per heavy atom. The van der Waals surface area contributed by atoms with Crippen molar-refractivity contribution < 1.29 is 13.2 Å². The zero-order chi connectivity index (χ0) is 39.3. The predicted molar refractivity (Wildman–Crippen MR) is 223 cm³/mol. The van der Waals surface area contributed by atoms with E-state index in [1.165, 1.54) is 17.4 Å². The Morgan fingerprint density at radius 3 is 2.51 bits per heavy atom. The molecule has 1 aromatic carbocycles. The summed E-state index contributed by atoms with van der Waals surface area (Å²) in [7, 11) is 1.95. The molecule has 2 aliphatic rings. The number of nitrogens with two attached hydrogens (primary N) is 1. The lowest BCUT2D eigenvalue weighted by Crippen LogP contribution is -2.47. The van der Waals surface area contributed by atoms with Gasteiger partial charge in [0.15, 0.2) is 0 Å². The van der Waals surface area contributed by atoms with Crippen molar-refractivity contribution in [2.75, 3.05) is 44.7 Å². The van der Waals surface area contributed by atoms with E-state index in [1.807, 2.05) is 32.3 Å². The van der Waals surface area contributed by atoms with Crippen LogP contribution in [0.4, 0.5) is 18.9 Å². The lowest BCUT2D eigenvalue weighted by Gasteiger charge is -2.36. The number of hydrogen-bond donors (Lipinski definition) is 3. The van der Waals surface area contributed by atoms with E-state index in [2.05, 4.69) is 65.4 Å². The number of hydrazine groups is 1. The number of anilines is 1. The zero-order valence-corrected chi connectivity index (χ0v) is 34.3. The molecule has 8 nitrogen and oxygen atoms in total. The van der Waals surface area contributed by atoms with Crippen LogP contribution >= 0.6 is 11.3 Å². The van der Waals surface area contributed by atoms with Gasteiger partial charge >= 0.3 is 6.18 Å². The minimum Gasteiger partial charge on any atom is -0.368 e. The molecule has 55 heavy (non-hydrogen) atoms. The van der Waals surface area contributed by atoms with Crippen LogP contribution in [0.15, 0.2) is 48.0 Å². The van der Waals surface area contributed by atoms with Gasteiger partial charge in [-0.05, 0) is 87.6 Å². The van der Waals surface area contributed by atoms with Crippen molar-refractivity contribution in [3.05, 3.63) is 64.3 Å². The van der Waals surface area contributed by atoms with E-state index in [-0.39, 0.29) is 11.5 Å². The Kier molecular flexibility index (Phi) is 13.4. The molecule has 1 atom stereocenters. The fraction of sp³-hybridized carbons (Fsp3) is 0.581. The van der Waals surface area contributed by atoms with E-state index in [4.69, 9.17) is 15.8 Å². The van der Waals surface area contributed by atoms with E-state index in [0.29, 0.717) is 24.1 Å². The highest BCUT2D eigenvalue weighted by Gasteiger charge is 2.35. The number of halogens is 3. The first-order chi connectivity index (χ1) is 26.3. The number of hydrogen-bond acceptors (Lipinski definition) is 8. The van der Waals surface area contributed by atoms with Crippen molar-refractivity contribution in [2.45, 2.75) is 117 Å². The highest BCUT2D eigenvalue weighted by atomic mass is 32.1. The number of alkyl halides is 3. The number of aryl methyl sites for hydroxylation is 1. The van der Waals surface area contributed by atoms with Gasteiger partial charge in [-0.3, -0.25) is 21.2 Å². The maximum Gasteiger partial charge on any atom is 0.406 e. The van der Waals surface area contributed by atoms with Crippen LogP contribution in [0.25, 0.3) is 33.4 Å². The fourth-order valence-corrected chi connectivity index (χ4v) is 9.35. The van der Waals surface area contributed by atoms with Gasteiger partial charge in [0.25, 0.3) is 0 Å². The number of piperazine rings is 1. The van der Waals surface area contributed by atoms with Crippen molar-refractivity contribution in [3.63, 3.8) is 0 Å². The number of rotatable bonds is 19. The SMILES string of the molecule is C=C(CCCCNN)C(Cc1nc(-c2ccc3c(c2)c(CC(C)(C)CCC)c(-c2cc(N4CCN(C5CC5)CC4)cnc2CC)n3CC(F)(F)F)cs1)NC. The van der Waals surface area contributed by atoms with Crippen LogP contribution in [-0.2, 0) is 25.8 Å². The van der Waals surface area contributed by atoms with Gasteiger partial charge in [0.05, 0.1) is 28.3 Å². The third kappa shape index (κ3) is 10.2. The smallest absolute Gasteiger partial charge is 0.368 e. The predicted octanol–water partition coefficient (Wildman–Crippen LogP) is 8.93.